The van der Waals surface area contributed by atoms with Gasteiger partial charge in [-0.1, -0.05) is 57.4 Å². The van der Waals surface area contributed by atoms with Gasteiger partial charge in [-0.3, -0.25) is 0 Å². The second-order valence-electron chi connectivity index (χ2n) is 5.95. The lowest BCUT2D eigenvalue weighted by molar-refractivity contribution is 0.202. The molecular weight excluding hydrogens is 302 g/mol. The van der Waals surface area contributed by atoms with Crippen molar-refractivity contribution in [1.82, 2.24) is 0 Å². The highest BCUT2D eigenvalue weighted by Gasteiger charge is 2.21. The van der Waals surface area contributed by atoms with Crippen LogP contribution >= 0.6 is 0 Å². The van der Waals surface area contributed by atoms with E-state index in [-0.39, 0.29) is 0 Å². The second-order valence-corrected chi connectivity index (χ2v) is 7.64. The van der Waals surface area contributed by atoms with E-state index in [2.05, 4.69) is 38.1 Å². The molecule has 0 atom stereocenters. The molecule has 23 heavy (non-hydrogen) atoms. The van der Waals surface area contributed by atoms with Crippen LogP contribution in [0, 0.1) is 0 Å². The monoisotopic (exact) mass is 336 g/mol. The molecular formula is C19H34NO2Si. The van der Waals surface area contributed by atoms with Gasteiger partial charge in [0.15, 0.2) is 0 Å². The van der Waals surface area contributed by atoms with E-state index in [0.29, 0.717) is 0 Å². The molecule has 0 heterocycles. The Morgan fingerprint density at radius 3 is 2.13 bits per heavy atom. The molecule has 0 saturated carbocycles. The van der Waals surface area contributed by atoms with Gasteiger partial charge in [0.05, 0.1) is 0 Å². The Hall–Kier alpha value is -0.683. The standard InChI is InChI=1S/C19H34NO2Si/c1-3-5-16-21-23(22-17-6-4-2)19-14-10-9-13-18(19)12-8-7-11-15-20/h9-10,13-14H,3-8,11-12,15-17,20H2,1-2H3. The Labute approximate surface area is 144 Å². The van der Waals surface area contributed by atoms with Crippen LogP contribution in [0.25, 0.3) is 0 Å². The summed E-state index contributed by atoms with van der Waals surface area (Å²) in [6.07, 6.45) is 9.11. The molecule has 1 rings (SSSR count). The van der Waals surface area contributed by atoms with E-state index in [4.69, 9.17) is 14.6 Å². The van der Waals surface area contributed by atoms with Crippen LogP contribution < -0.4 is 10.9 Å². The fourth-order valence-corrected chi connectivity index (χ4v) is 4.15. The molecule has 0 bridgehead atoms. The van der Waals surface area contributed by atoms with Crippen LogP contribution in [-0.4, -0.2) is 29.0 Å². The maximum atomic E-state index is 6.14. The third kappa shape index (κ3) is 8.65. The van der Waals surface area contributed by atoms with E-state index in [1.807, 2.05) is 0 Å². The Balaban J connectivity index is 2.69. The van der Waals surface area contributed by atoms with Gasteiger partial charge in [0.2, 0.25) is 0 Å². The summed E-state index contributed by atoms with van der Waals surface area (Å²) in [5.41, 5.74) is 6.98. The Morgan fingerprint density at radius 1 is 0.870 bits per heavy atom. The largest absolute Gasteiger partial charge is 0.423 e. The number of nitrogens with two attached hydrogens (primary N) is 1. The normalized spacial score (nSPS) is 11.3. The summed E-state index contributed by atoms with van der Waals surface area (Å²) in [6, 6.07) is 8.66. The van der Waals surface area contributed by atoms with Gasteiger partial charge >= 0.3 is 9.28 Å². The summed E-state index contributed by atoms with van der Waals surface area (Å²) < 4.78 is 12.3. The number of rotatable bonds is 14. The topological polar surface area (TPSA) is 44.5 Å². The van der Waals surface area contributed by atoms with E-state index in [0.717, 1.165) is 58.3 Å². The average molecular weight is 337 g/mol. The van der Waals surface area contributed by atoms with Crippen LogP contribution in [0.1, 0.15) is 64.4 Å². The van der Waals surface area contributed by atoms with E-state index >= 15 is 0 Å². The zero-order chi connectivity index (χ0) is 16.8. The molecule has 1 aromatic rings. The molecule has 2 N–H and O–H groups in total. The first kappa shape index (κ1) is 20.4. The summed E-state index contributed by atoms with van der Waals surface area (Å²) in [7, 11) is -1.36. The number of unbranched alkanes of at least 4 members (excludes halogenated alkanes) is 4. The van der Waals surface area contributed by atoms with Gasteiger partial charge in [-0.15, -0.1) is 0 Å². The van der Waals surface area contributed by atoms with Crippen LogP contribution in [0.3, 0.4) is 0 Å². The molecule has 3 nitrogen and oxygen atoms in total. The van der Waals surface area contributed by atoms with Crippen LogP contribution in [-0.2, 0) is 15.3 Å². The third-order valence-corrected chi connectivity index (χ3v) is 5.71. The zero-order valence-corrected chi connectivity index (χ0v) is 16.0. The van der Waals surface area contributed by atoms with E-state index in [9.17, 15) is 0 Å². The Kier molecular flexibility index (Phi) is 12.2. The molecule has 1 radical (unpaired) electrons. The summed E-state index contributed by atoms with van der Waals surface area (Å²) in [6.45, 7) is 6.78. The smallest absolute Gasteiger partial charge is 0.390 e. The van der Waals surface area contributed by atoms with Crippen LogP contribution in [0.5, 0.6) is 0 Å². The van der Waals surface area contributed by atoms with Crippen molar-refractivity contribution in [2.24, 2.45) is 5.73 Å². The van der Waals surface area contributed by atoms with Crippen LogP contribution in [0.15, 0.2) is 24.3 Å². The van der Waals surface area contributed by atoms with Crippen molar-refractivity contribution in [3.63, 3.8) is 0 Å². The first-order valence-electron chi connectivity index (χ1n) is 9.24. The molecule has 1 aromatic carbocycles. The van der Waals surface area contributed by atoms with Crippen molar-refractivity contribution >= 4 is 14.5 Å². The summed E-state index contributed by atoms with van der Waals surface area (Å²) in [5, 5.41) is 1.30. The summed E-state index contributed by atoms with van der Waals surface area (Å²) in [5.74, 6) is 0. The molecule has 0 saturated heterocycles. The Morgan fingerprint density at radius 2 is 1.52 bits per heavy atom. The van der Waals surface area contributed by atoms with Crippen molar-refractivity contribution in [3.8, 4) is 0 Å². The lowest BCUT2D eigenvalue weighted by Gasteiger charge is -2.18. The van der Waals surface area contributed by atoms with E-state index in [1.165, 1.54) is 23.6 Å². The van der Waals surface area contributed by atoms with Gasteiger partial charge in [-0.05, 0) is 49.4 Å². The minimum absolute atomic E-state index is 0.789. The third-order valence-electron chi connectivity index (χ3n) is 3.85. The molecule has 0 spiro atoms. The zero-order valence-electron chi connectivity index (χ0n) is 15.0. The van der Waals surface area contributed by atoms with Crippen LogP contribution in [0.2, 0.25) is 0 Å². The molecule has 0 aromatic heterocycles. The lowest BCUT2D eigenvalue weighted by Crippen LogP contribution is -2.39. The first-order chi connectivity index (χ1) is 11.3. The van der Waals surface area contributed by atoms with Gasteiger partial charge in [0.1, 0.15) is 0 Å². The van der Waals surface area contributed by atoms with Crippen molar-refractivity contribution in [2.75, 3.05) is 19.8 Å². The van der Waals surface area contributed by atoms with E-state index in [1.54, 1.807) is 0 Å². The molecule has 0 aliphatic rings. The quantitative estimate of drug-likeness (QED) is 0.416. The fourth-order valence-electron chi connectivity index (χ4n) is 2.39. The van der Waals surface area contributed by atoms with Gasteiger partial charge in [0.25, 0.3) is 0 Å². The second kappa shape index (κ2) is 13.7. The number of hydrogen-bond acceptors (Lipinski definition) is 3. The number of aryl methyl sites for hydroxylation is 1. The van der Waals surface area contributed by atoms with Crippen molar-refractivity contribution in [1.29, 1.82) is 0 Å². The SMILES string of the molecule is CCCCO[Si](OCCCC)c1ccccc1CCCCCN. The summed E-state index contributed by atoms with van der Waals surface area (Å²) in [4.78, 5) is 0. The summed E-state index contributed by atoms with van der Waals surface area (Å²) >= 11 is 0. The minimum Gasteiger partial charge on any atom is -0.390 e. The average Bonchev–Trinajstić information content (AvgIpc) is 2.58. The molecule has 4 heteroatoms. The Bertz CT molecular complexity index is 391. The minimum atomic E-state index is -1.36. The van der Waals surface area contributed by atoms with E-state index < -0.39 is 9.28 Å². The highest BCUT2D eigenvalue weighted by atomic mass is 28.3. The molecule has 0 aliphatic heterocycles. The number of benzene rings is 1. The lowest BCUT2D eigenvalue weighted by atomic mass is 10.1. The predicted molar refractivity (Wildman–Crippen MR) is 100 cm³/mol. The molecule has 0 aliphatic carbocycles. The molecule has 0 amide bonds. The van der Waals surface area contributed by atoms with Gasteiger partial charge in [-0.2, -0.15) is 0 Å². The first-order valence-corrected chi connectivity index (χ1v) is 10.6. The fraction of sp³-hybridized carbons (Fsp3) is 0.684. The maximum Gasteiger partial charge on any atom is 0.423 e. The highest BCUT2D eigenvalue weighted by Crippen LogP contribution is 2.08. The highest BCUT2D eigenvalue weighted by molar-refractivity contribution is 6.61. The molecule has 0 unspecified atom stereocenters. The van der Waals surface area contributed by atoms with Crippen LogP contribution in [0.4, 0.5) is 0 Å². The van der Waals surface area contributed by atoms with Crippen molar-refractivity contribution in [2.45, 2.75) is 65.2 Å². The molecule has 131 valence electrons. The number of hydrogen-bond donors (Lipinski definition) is 1. The van der Waals surface area contributed by atoms with Gasteiger partial charge in [-0.25, -0.2) is 0 Å². The maximum absolute atomic E-state index is 6.14. The van der Waals surface area contributed by atoms with Crippen molar-refractivity contribution < 1.29 is 8.85 Å². The van der Waals surface area contributed by atoms with Crippen molar-refractivity contribution in [3.05, 3.63) is 29.8 Å². The predicted octanol–water partition coefficient (Wildman–Crippen LogP) is 3.69. The van der Waals surface area contributed by atoms with Gasteiger partial charge in [0, 0.05) is 13.2 Å². The molecule has 0 fully saturated rings. The van der Waals surface area contributed by atoms with Gasteiger partial charge < -0.3 is 14.6 Å².